The van der Waals surface area contributed by atoms with Gasteiger partial charge in [0.05, 0.1) is 6.20 Å². The van der Waals surface area contributed by atoms with Crippen LogP contribution in [0.4, 0.5) is 0 Å². The molecule has 0 aromatic carbocycles. The van der Waals surface area contributed by atoms with Gasteiger partial charge < -0.3 is 10.1 Å². The average molecular weight is 302 g/mol. The quantitative estimate of drug-likeness (QED) is 0.543. The standard InChI is InChI=1S/C12H22N4O3S/c1-19-7-3-2-6-15-20(17,18)12-10(9-14-16-12)8-13-11-4-5-11/h9,11,13,15H,2-8H2,1H3,(H,14,16). The molecule has 7 nitrogen and oxygen atoms in total. The lowest BCUT2D eigenvalue weighted by molar-refractivity contribution is 0.193. The fourth-order valence-electron chi connectivity index (χ4n) is 1.85. The zero-order valence-corrected chi connectivity index (χ0v) is 12.5. The summed E-state index contributed by atoms with van der Waals surface area (Å²) in [7, 11) is -1.88. The molecule has 0 spiro atoms. The Morgan fingerprint density at radius 1 is 1.45 bits per heavy atom. The van der Waals surface area contributed by atoms with Gasteiger partial charge in [-0.05, 0) is 25.7 Å². The maximum Gasteiger partial charge on any atom is 0.257 e. The highest BCUT2D eigenvalue weighted by Crippen LogP contribution is 2.20. The van der Waals surface area contributed by atoms with Gasteiger partial charge in [0.25, 0.3) is 10.0 Å². The molecule has 1 saturated carbocycles. The van der Waals surface area contributed by atoms with E-state index in [1.54, 1.807) is 13.3 Å². The number of aromatic amines is 1. The molecule has 0 bridgehead atoms. The van der Waals surface area contributed by atoms with Gasteiger partial charge in [0, 0.05) is 38.4 Å². The van der Waals surface area contributed by atoms with Crippen LogP contribution in [0.1, 0.15) is 31.2 Å². The molecule has 0 atom stereocenters. The van der Waals surface area contributed by atoms with E-state index in [1.165, 1.54) is 0 Å². The van der Waals surface area contributed by atoms with Crippen molar-refractivity contribution in [2.24, 2.45) is 0 Å². The van der Waals surface area contributed by atoms with Crippen molar-refractivity contribution < 1.29 is 13.2 Å². The number of methoxy groups -OCH3 is 1. The molecule has 8 heteroatoms. The van der Waals surface area contributed by atoms with Crippen molar-refractivity contribution in [1.82, 2.24) is 20.2 Å². The average Bonchev–Trinajstić information content (AvgIpc) is 3.12. The van der Waals surface area contributed by atoms with Crippen LogP contribution in [0.5, 0.6) is 0 Å². The Morgan fingerprint density at radius 3 is 2.95 bits per heavy atom. The van der Waals surface area contributed by atoms with Crippen LogP contribution < -0.4 is 10.0 Å². The van der Waals surface area contributed by atoms with Crippen molar-refractivity contribution in [2.75, 3.05) is 20.3 Å². The smallest absolute Gasteiger partial charge is 0.257 e. The van der Waals surface area contributed by atoms with Crippen LogP contribution in [-0.4, -0.2) is 44.9 Å². The second kappa shape index (κ2) is 7.16. The molecule has 1 aliphatic carbocycles. The number of hydrogen-bond acceptors (Lipinski definition) is 5. The first-order valence-electron chi connectivity index (χ1n) is 6.87. The number of aromatic nitrogens is 2. The first kappa shape index (κ1) is 15.4. The summed E-state index contributed by atoms with van der Waals surface area (Å²) in [5, 5.41) is 9.87. The molecule has 0 saturated heterocycles. The van der Waals surface area contributed by atoms with Crippen LogP contribution >= 0.6 is 0 Å². The number of rotatable bonds is 10. The molecule has 2 rings (SSSR count). The molecule has 0 radical (unpaired) electrons. The van der Waals surface area contributed by atoms with E-state index in [0.29, 0.717) is 31.3 Å². The Balaban J connectivity index is 1.85. The number of ether oxygens (including phenoxy) is 1. The first-order valence-corrected chi connectivity index (χ1v) is 8.36. The van der Waals surface area contributed by atoms with Gasteiger partial charge in [-0.1, -0.05) is 0 Å². The van der Waals surface area contributed by atoms with E-state index in [-0.39, 0.29) is 5.03 Å². The van der Waals surface area contributed by atoms with Crippen LogP contribution in [0, 0.1) is 0 Å². The Kier molecular flexibility index (Phi) is 5.53. The lowest BCUT2D eigenvalue weighted by atomic mass is 10.3. The summed E-state index contributed by atoms with van der Waals surface area (Å²) in [6.07, 6.45) is 5.47. The summed E-state index contributed by atoms with van der Waals surface area (Å²) in [6, 6.07) is 0.530. The summed E-state index contributed by atoms with van der Waals surface area (Å²) in [6.45, 7) is 1.57. The monoisotopic (exact) mass is 302 g/mol. The molecule has 1 aliphatic rings. The van der Waals surface area contributed by atoms with E-state index in [1.807, 2.05) is 0 Å². The molecule has 0 unspecified atom stereocenters. The summed E-state index contributed by atoms with van der Waals surface area (Å²) in [5.41, 5.74) is 0.682. The van der Waals surface area contributed by atoms with Gasteiger partial charge in [-0.2, -0.15) is 5.10 Å². The molecular weight excluding hydrogens is 280 g/mol. The maximum atomic E-state index is 12.2. The van der Waals surface area contributed by atoms with Gasteiger partial charge in [0.2, 0.25) is 0 Å². The highest BCUT2D eigenvalue weighted by Gasteiger charge is 2.24. The normalized spacial score (nSPS) is 15.7. The van der Waals surface area contributed by atoms with Crippen molar-refractivity contribution in [3.05, 3.63) is 11.8 Å². The predicted molar refractivity (Wildman–Crippen MR) is 74.7 cm³/mol. The van der Waals surface area contributed by atoms with Crippen molar-refractivity contribution in [3.8, 4) is 0 Å². The number of sulfonamides is 1. The van der Waals surface area contributed by atoms with Crippen molar-refractivity contribution in [3.63, 3.8) is 0 Å². The van der Waals surface area contributed by atoms with E-state index in [2.05, 4.69) is 20.2 Å². The minimum Gasteiger partial charge on any atom is -0.385 e. The molecule has 1 aromatic heterocycles. The second-order valence-corrected chi connectivity index (χ2v) is 6.68. The van der Waals surface area contributed by atoms with Crippen LogP contribution in [0.3, 0.4) is 0 Å². The molecule has 114 valence electrons. The Bertz CT molecular complexity index is 511. The molecule has 1 heterocycles. The summed E-state index contributed by atoms with van der Waals surface area (Å²) < 4.78 is 31.8. The van der Waals surface area contributed by atoms with E-state index >= 15 is 0 Å². The minimum absolute atomic E-state index is 0.164. The summed E-state index contributed by atoms with van der Waals surface area (Å²) >= 11 is 0. The van der Waals surface area contributed by atoms with Crippen LogP contribution in [0.15, 0.2) is 11.2 Å². The molecular formula is C12H22N4O3S. The molecule has 1 aromatic rings. The fraction of sp³-hybridized carbons (Fsp3) is 0.750. The van der Waals surface area contributed by atoms with E-state index in [9.17, 15) is 8.42 Å². The SMILES string of the molecule is COCCCCNS(=O)(=O)c1[nH]ncc1CNC1CC1. The van der Waals surface area contributed by atoms with Gasteiger partial charge in [0.1, 0.15) is 0 Å². The largest absolute Gasteiger partial charge is 0.385 e. The third kappa shape index (κ3) is 4.55. The highest BCUT2D eigenvalue weighted by atomic mass is 32.2. The van der Waals surface area contributed by atoms with Crippen LogP contribution in [0.25, 0.3) is 0 Å². The number of nitrogens with one attached hydrogen (secondary N) is 3. The fourth-order valence-corrected chi connectivity index (χ4v) is 3.05. The third-order valence-corrected chi connectivity index (χ3v) is 4.65. The van der Waals surface area contributed by atoms with Gasteiger partial charge in [-0.25, -0.2) is 13.1 Å². The van der Waals surface area contributed by atoms with Crippen molar-refractivity contribution >= 4 is 10.0 Å². The number of H-pyrrole nitrogens is 1. The van der Waals surface area contributed by atoms with Gasteiger partial charge in [-0.3, -0.25) is 5.10 Å². The molecule has 0 amide bonds. The van der Waals surface area contributed by atoms with Gasteiger partial charge >= 0.3 is 0 Å². The summed E-state index contributed by atoms with van der Waals surface area (Å²) in [4.78, 5) is 0. The lowest BCUT2D eigenvalue weighted by Crippen LogP contribution is -2.27. The maximum absolute atomic E-state index is 12.2. The molecule has 1 fully saturated rings. The number of unbranched alkanes of at least 4 members (excludes halogenated alkanes) is 1. The first-order chi connectivity index (χ1) is 9.63. The molecule has 3 N–H and O–H groups in total. The van der Waals surface area contributed by atoms with Crippen molar-refractivity contribution in [1.29, 1.82) is 0 Å². The molecule has 20 heavy (non-hydrogen) atoms. The number of nitrogens with zero attached hydrogens (tertiary/aromatic N) is 1. The Labute approximate surface area is 119 Å². The van der Waals surface area contributed by atoms with Crippen molar-refractivity contribution in [2.45, 2.75) is 43.3 Å². The highest BCUT2D eigenvalue weighted by molar-refractivity contribution is 7.89. The number of hydrogen-bond donors (Lipinski definition) is 3. The van der Waals surface area contributed by atoms with Crippen LogP contribution in [-0.2, 0) is 21.3 Å². The summed E-state index contributed by atoms with van der Waals surface area (Å²) in [5.74, 6) is 0. The van der Waals surface area contributed by atoms with E-state index < -0.39 is 10.0 Å². The predicted octanol–water partition coefficient (Wildman–Crippen LogP) is 0.367. The second-order valence-electron chi connectivity index (χ2n) is 4.98. The molecule has 0 aliphatic heterocycles. The Hall–Kier alpha value is -0.960. The third-order valence-electron chi connectivity index (χ3n) is 3.17. The topological polar surface area (TPSA) is 96.1 Å². The Morgan fingerprint density at radius 2 is 2.25 bits per heavy atom. The van der Waals surface area contributed by atoms with Gasteiger partial charge in [-0.15, -0.1) is 0 Å². The minimum atomic E-state index is -3.51. The lowest BCUT2D eigenvalue weighted by Gasteiger charge is -2.07. The van der Waals surface area contributed by atoms with Crippen LogP contribution in [0.2, 0.25) is 0 Å². The van der Waals surface area contributed by atoms with Gasteiger partial charge in [0.15, 0.2) is 5.03 Å². The zero-order chi connectivity index (χ0) is 14.4. The van der Waals surface area contributed by atoms with E-state index in [0.717, 1.165) is 25.7 Å². The zero-order valence-electron chi connectivity index (χ0n) is 11.7. The van der Waals surface area contributed by atoms with E-state index in [4.69, 9.17) is 4.74 Å².